The van der Waals surface area contributed by atoms with E-state index in [0.29, 0.717) is 23.8 Å². The van der Waals surface area contributed by atoms with Gasteiger partial charge in [0.2, 0.25) is 0 Å². The zero-order chi connectivity index (χ0) is 13.4. The first-order valence-electron chi connectivity index (χ1n) is 5.97. The maximum absolute atomic E-state index is 11.4. The second kappa shape index (κ2) is 4.67. The van der Waals surface area contributed by atoms with Gasteiger partial charge >= 0.3 is 0 Å². The van der Waals surface area contributed by atoms with E-state index in [1.54, 1.807) is 12.4 Å². The molecule has 3 heterocycles. The van der Waals surface area contributed by atoms with Crippen LogP contribution in [0.25, 0.3) is 10.1 Å². The average Bonchev–Trinajstić information content (AvgIpc) is 2.78. The highest BCUT2D eigenvalue weighted by molar-refractivity contribution is 7.21. The number of primary amides is 1. The van der Waals surface area contributed by atoms with Crippen molar-refractivity contribution < 1.29 is 9.53 Å². The van der Waals surface area contributed by atoms with Crippen LogP contribution < -0.4 is 16.4 Å². The summed E-state index contributed by atoms with van der Waals surface area (Å²) in [4.78, 5) is 18.2. The number of hydrogen-bond donors (Lipinski definition) is 2. The number of nitrogens with zero attached hydrogens (tertiary/aromatic N) is 2. The lowest BCUT2D eigenvalue weighted by Gasteiger charge is -2.29. The predicted octanol–water partition coefficient (Wildman–Crippen LogP) is 0.814. The number of anilines is 2. The number of amides is 1. The molecule has 0 atom stereocenters. The number of nitrogen functional groups attached to an aromatic ring is 1. The van der Waals surface area contributed by atoms with Gasteiger partial charge in [0.05, 0.1) is 35.5 Å². The monoisotopic (exact) mass is 278 g/mol. The van der Waals surface area contributed by atoms with Crippen molar-refractivity contribution in [2.75, 3.05) is 36.9 Å². The largest absolute Gasteiger partial charge is 0.397 e. The molecule has 1 amide bonds. The van der Waals surface area contributed by atoms with Crippen LogP contribution in [0.5, 0.6) is 0 Å². The molecule has 7 heteroatoms. The average molecular weight is 278 g/mol. The van der Waals surface area contributed by atoms with Crippen LogP contribution >= 0.6 is 11.3 Å². The molecular weight excluding hydrogens is 264 g/mol. The summed E-state index contributed by atoms with van der Waals surface area (Å²) in [5.41, 5.74) is 12.8. The van der Waals surface area contributed by atoms with Crippen LogP contribution in [-0.4, -0.2) is 37.2 Å². The van der Waals surface area contributed by atoms with Crippen molar-refractivity contribution in [1.29, 1.82) is 0 Å². The molecule has 0 spiro atoms. The fraction of sp³-hybridized carbons (Fsp3) is 0.333. The van der Waals surface area contributed by atoms with E-state index in [1.165, 1.54) is 11.3 Å². The van der Waals surface area contributed by atoms with Crippen LogP contribution in [0.4, 0.5) is 11.4 Å². The van der Waals surface area contributed by atoms with Gasteiger partial charge in [-0.15, -0.1) is 11.3 Å². The van der Waals surface area contributed by atoms with E-state index in [2.05, 4.69) is 9.88 Å². The second-order valence-electron chi connectivity index (χ2n) is 4.34. The summed E-state index contributed by atoms with van der Waals surface area (Å²) >= 11 is 1.29. The molecule has 3 rings (SSSR count). The molecule has 0 aliphatic carbocycles. The van der Waals surface area contributed by atoms with Crippen LogP contribution in [0.15, 0.2) is 12.4 Å². The van der Waals surface area contributed by atoms with Crippen molar-refractivity contribution >= 4 is 38.7 Å². The van der Waals surface area contributed by atoms with Gasteiger partial charge in [0, 0.05) is 24.7 Å². The standard InChI is InChI=1S/C12H14N4O2S/c13-10-9-7(16-1-3-18-4-2-16)5-15-6-8(9)19-11(10)12(14)17/h5-6H,1-4,13H2,(H2,14,17). The molecular formula is C12H14N4O2S. The molecule has 100 valence electrons. The number of pyridine rings is 1. The van der Waals surface area contributed by atoms with Gasteiger partial charge in [-0.05, 0) is 0 Å². The number of carbonyl (C=O) groups excluding carboxylic acids is 1. The van der Waals surface area contributed by atoms with Crippen molar-refractivity contribution in [2.24, 2.45) is 5.73 Å². The van der Waals surface area contributed by atoms with Gasteiger partial charge in [0.15, 0.2) is 0 Å². The van der Waals surface area contributed by atoms with Crippen molar-refractivity contribution in [2.45, 2.75) is 0 Å². The minimum absolute atomic E-state index is 0.400. The zero-order valence-electron chi connectivity index (χ0n) is 10.3. The Morgan fingerprint density at radius 2 is 2.11 bits per heavy atom. The molecule has 1 fully saturated rings. The molecule has 0 bridgehead atoms. The summed E-state index contributed by atoms with van der Waals surface area (Å²) in [6.45, 7) is 2.95. The van der Waals surface area contributed by atoms with E-state index in [1.807, 2.05) is 0 Å². The van der Waals surface area contributed by atoms with E-state index >= 15 is 0 Å². The molecule has 4 N–H and O–H groups in total. The quantitative estimate of drug-likeness (QED) is 0.848. The summed E-state index contributed by atoms with van der Waals surface area (Å²) in [5, 5.41) is 0.871. The van der Waals surface area contributed by atoms with Gasteiger partial charge in [-0.3, -0.25) is 9.78 Å². The number of thiophene rings is 1. The highest BCUT2D eigenvalue weighted by Crippen LogP contribution is 2.39. The Morgan fingerprint density at radius 3 is 2.79 bits per heavy atom. The summed E-state index contributed by atoms with van der Waals surface area (Å²) in [7, 11) is 0. The number of nitrogens with two attached hydrogens (primary N) is 2. The summed E-state index contributed by atoms with van der Waals surface area (Å²) in [6.07, 6.45) is 3.49. The normalized spacial score (nSPS) is 15.9. The van der Waals surface area contributed by atoms with Crippen LogP contribution in [0.3, 0.4) is 0 Å². The van der Waals surface area contributed by atoms with Crippen LogP contribution in [0.2, 0.25) is 0 Å². The minimum atomic E-state index is -0.494. The number of ether oxygens (including phenoxy) is 1. The number of morpholine rings is 1. The Balaban J connectivity index is 2.16. The number of rotatable bonds is 2. The van der Waals surface area contributed by atoms with Crippen LogP contribution in [0, 0.1) is 0 Å². The highest BCUT2D eigenvalue weighted by atomic mass is 32.1. The van der Waals surface area contributed by atoms with Gasteiger partial charge in [0.1, 0.15) is 4.88 Å². The van der Waals surface area contributed by atoms with Gasteiger partial charge < -0.3 is 21.1 Å². The maximum atomic E-state index is 11.4. The first-order valence-corrected chi connectivity index (χ1v) is 6.78. The molecule has 1 aliphatic rings. The Bertz CT molecular complexity index is 634. The lowest BCUT2D eigenvalue weighted by atomic mass is 10.2. The third kappa shape index (κ3) is 2.00. The topological polar surface area (TPSA) is 94.5 Å². The van der Waals surface area contributed by atoms with Crippen LogP contribution in [-0.2, 0) is 4.74 Å². The number of aromatic nitrogens is 1. The molecule has 1 aliphatic heterocycles. The second-order valence-corrected chi connectivity index (χ2v) is 5.39. The van der Waals surface area contributed by atoms with Gasteiger partial charge in [-0.25, -0.2) is 0 Å². The number of fused-ring (bicyclic) bond motifs is 1. The molecule has 19 heavy (non-hydrogen) atoms. The Labute approximate surface area is 114 Å². The van der Waals surface area contributed by atoms with E-state index in [9.17, 15) is 4.79 Å². The van der Waals surface area contributed by atoms with Gasteiger partial charge in [-0.2, -0.15) is 0 Å². The summed E-state index contributed by atoms with van der Waals surface area (Å²) < 4.78 is 6.23. The third-order valence-electron chi connectivity index (χ3n) is 3.19. The number of carbonyl (C=O) groups is 1. The SMILES string of the molecule is NC(=O)c1sc2cncc(N3CCOCC3)c2c1N. The van der Waals surface area contributed by atoms with Crippen molar-refractivity contribution in [3.8, 4) is 0 Å². The fourth-order valence-electron chi connectivity index (χ4n) is 2.28. The van der Waals surface area contributed by atoms with Gasteiger partial charge in [-0.1, -0.05) is 0 Å². The third-order valence-corrected chi connectivity index (χ3v) is 4.35. The maximum Gasteiger partial charge on any atom is 0.260 e. The van der Waals surface area contributed by atoms with Crippen molar-refractivity contribution in [3.05, 3.63) is 17.3 Å². The smallest absolute Gasteiger partial charge is 0.260 e. The zero-order valence-corrected chi connectivity index (χ0v) is 11.1. The first-order chi connectivity index (χ1) is 9.18. The molecule has 0 radical (unpaired) electrons. The van der Waals surface area contributed by atoms with Gasteiger partial charge in [0.25, 0.3) is 5.91 Å². The Hall–Kier alpha value is -1.86. The minimum Gasteiger partial charge on any atom is -0.397 e. The number of hydrogen-bond acceptors (Lipinski definition) is 6. The van der Waals surface area contributed by atoms with E-state index in [4.69, 9.17) is 16.2 Å². The Morgan fingerprint density at radius 1 is 1.37 bits per heavy atom. The predicted molar refractivity (Wildman–Crippen MR) is 75.6 cm³/mol. The first kappa shape index (κ1) is 12.2. The lowest BCUT2D eigenvalue weighted by Crippen LogP contribution is -2.36. The molecule has 0 unspecified atom stereocenters. The van der Waals surface area contributed by atoms with Crippen LogP contribution in [0.1, 0.15) is 9.67 Å². The summed E-state index contributed by atoms with van der Waals surface area (Å²) in [6, 6.07) is 0. The van der Waals surface area contributed by atoms with E-state index < -0.39 is 5.91 Å². The Kier molecular flexibility index (Phi) is 3.00. The summed E-state index contributed by atoms with van der Waals surface area (Å²) in [5.74, 6) is -0.494. The molecule has 6 nitrogen and oxygen atoms in total. The highest BCUT2D eigenvalue weighted by Gasteiger charge is 2.20. The van der Waals surface area contributed by atoms with Crippen molar-refractivity contribution in [3.63, 3.8) is 0 Å². The lowest BCUT2D eigenvalue weighted by molar-refractivity contribution is 0.100. The van der Waals surface area contributed by atoms with Crippen molar-refractivity contribution in [1.82, 2.24) is 4.98 Å². The molecule has 0 saturated carbocycles. The molecule has 2 aromatic heterocycles. The van der Waals surface area contributed by atoms with E-state index in [0.717, 1.165) is 28.9 Å². The van der Waals surface area contributed by atoms with E-state index in [-0.39, 0.29) is 0 Å². The molecule has 0 aromatic carbocycles. The molecule has 2 aromatic rings. The molecule has 1 saturated heterocycles. The fourth-order valence-corrected chi connectivity index (χ4v) is 3.25.